The van der Waals surface area contributed by atoms with Crippen LogP contribution < -0.4 is 9.47 Å². The molecule has 5 nitrogen and oxygen atoms in total. The number of benzene rings is 4. The molecule has 7 aromatic rings. The van der Waals surface area contributed by atoms with Crippen LogP contribution in [0.1, 0.15) is 113 Å². The van der Waals surface area contributed by atoms with Gasteiger partial charge in [0.25, 0.3) is 0 Å². The second-order valence-electron chi connectivity index (χ2n) is 16.5. The highest BCUT2D eigenvalue weighted by molar-refractivity contribution is 5.81. The first-order valence-corrected chi connectivity index (χ1v) is 23.6. The molecule has 4 aromatic carbocycles. The van der Waals surface area contributed by atoms with E-state index in [0.29, 0.717) is 13.2 Å². The molecule has 0 aliphatic heterocycles. The van der Waals surface area contributed by atoms with Crippen LogP contribution in [0.3, 0.4) is 0 Å². The molecule has 0 saturated carbocycles. The Labute approximate surface area is 382 Å². The number of rotatable bonds is 24. The number of hydrogen-bond donors (Lipinski definition) is 0. The monoisotopic (exact) mass is 845 g/mol. The van der Waals surface area contributed by atoms with Gasteiger partial charge in [-0.1, -0.05) is 193 Å². The molecule has 5 heteroatoms. The molecule has 0 radical (unpaired) electrons. The molecule has 0 fully saturated rings. The number of nitrogens with zero attached hydrogens (tertiary/aromatic N) is 3. The molecule has 0 unspecified atom stereocenters. The molecular weight excluding hydrogens is 783 g/mol. The second-order valence-corrected chi connectivity index (χ2v) is 16.5. The fourth-order valence-corrected chi connectivity index (χ4v) is 7.80. The van der Waals surface area contributed by atoms with Gasteiger partial charge in [0.1, 0.15) is 11.5 Å². The number of unbranched alkanes of at least 4 members (excludes halogenated alkanes) is 10. The highest BCUT2D eigenvalue weighted by Gasteiger charge is 2.13. The van der Waals surface area contributed by atoms with E-state index in [4.69, 9.17) is 14.5 Å². The fourth-order valence-electron chi connectivity index (χ4n) is 7.80. The zero-order valence-corrected chi connectivity index (χ0v) is 37.8. The van der Waals surface area contributed by atoms with Crippen LogP contribution in [0.2, 0.25) is 0 Å². The molecule has 0 N–H and O–H groups in total. The van der Waals surface area contributed by atoms with E-state index in [9.17, 15) is 0 Å². The molecule has 0 aliphatic carbocycles. The molecule has 0 saturated heterocycles. The molecule has 3 heterocycles. The lowest BCUT2D eigenvalue weighted by Crippen LogP contribution is -2.03. The van der Waals surface area contributed by atoms with E-state index >= 15 is 0 Å². The van der Waals surface area contributed by atoms with Gasteiger partial charge in [-0.2, -0.15) is 0 Å². The van der Waals surface area contributed by atoms with Crippen molar-refractivity contribution in [3.63, 3.8) is 0 Å². The predicted molar refractivity (Wildman–Crippen MR) is 270 cm³/mol. The van der Waals surface area contributed by atoms with Crippen LogP contribution in [0.4, 0.5) is 0 Å². The third-order valence-electron chi connectivity index (χ3n) is 11.5. The van der Waals surface area contributed by atoms with E-state index in [0.717, 1.165) is 80.5 Å². The minimum Gasteiger partial charge on any atom is -0.493 e. The molecule has 0 bridgehead atoms. The van der Waals surface area contributed by atoms with E-state index in [1.54, 1.807) is 12.4 Å². The van der Waals surface area contributed by atoms with Crippen molar-refractivity contribution in [2.24, 2.45) is 0 Å². The van der Waals surface area contributed by atoms with Crippen LogP contribution in [-0.2, 0) is 0 Å². The van der Waals surface area contributed by atoms with Crippen LogP contribution in [0.15, 0.2) is 152 Å². The zero-order chi connectivity index (χ0) is 44.0. The van der Waals surface area contributed by atoms with Crippen LogP contribution in [0, 0.1) is 0 Å². The largest absolute Gasteiger partial charge is 0.493 e. The molecule has 64 heavy (non-hydrogen) atoms. The van der Waals surface area contributed by atoms with E-state index < -0.39 is 0 Å². The summed E-state index contributed by atoms with van der Waals surface area (Å²) in [6.07, 6.45) is 26.9. The summed E-state index contributed by atoms with van der Waals surface area (Å²) in [6, 6.07) is 48.3. The van der Waals surface area contributed by atoms with Crippen LogP contribution >= 0.6 is 0 Å². The minimum atomic E-state index is 0.677. The van der Waals surface area contributed by atoms with Crippen molar-refractivity contribution in [3.05, 3.63) is 174 Å². The topological polar surface area (TPSA) is 57.1 Å². The van der Waals surface area contributed by atoms with Gasteiger partial charge in [0.05, 0.1) is 36.0 Å². The fraction of sp³-hybridized carbons (Fsp3) is 0.271. The van der Waals surface area contributed by atoms with Crippen molar-refractivity contribution in [1.29, 1.82) is 0 Å². The highest BCUT2D eigenvalue weighted by atomic mass is 16.5. The lowest BCUT2D eigenvalue weighted by Gasteiger charge is -2.16. The summed E-state index contributed by atoms with van der Waals surface area (Å²) >= 11 is 0. The van der Waals surface area contributed by atoms with E-state index in [1.165, 1.54) is 75.3 Å². The first kappa shape index (κ1) is 45.4. The quantitative estimate of drug-likeness (QED) is 0.0448. The van der Waals surface area contributed by atoms with Gasteiger partial charge in [-0.15, -0.1) is 0 Å². The molecule has 0 amide bonds. The van der Waals surface area contributed by atoms with Crippen molar-refractivity contribution in [2.75, 3.05) is 13.2 Å². The molecular formula is C59H63N3O2. The maximum Gasteiger partial charge on any atom is 0.127 e. The maximum atomic E-state index is 6.64. The van der Waals surface area contributed by atoms with Crippen molar-refractivity contribution in [2.45, 2.75) is 90.9 Å². The highest BCUT2D eigenvalue weighted by Crippen LogP contribution is 2.34. The SMILES string of the molecule is CCCCCCCCOc1cc(/C=C/c2ccc(-c3cc(-c4ccccn4)nc(-c4ccccn4)c3)cc2)c(OCCCCCCCC)cc1/C=C/c1ccc(-c2ccccc2)cc1. The third kappa shape index (κ3) is 13.7. The first-order chi connectivity index (χ1) is 31.7. The van der Waals surface area contributed by atoms with E-state index in [-0.39, 0.29) is 0 Å². The summed E-state index contributed by atoms with van der Waals surface area (Å²) in [6.45, 7) is 5.88. The van der Waals surface area contributed by atoms with Gasteiger partial charge in [0.2, 0.25) is 0 Å². The van der Waals surface area contributed by atoms with Gasteiger partial charge >= 0.3 is 0 Å². The summed E-state index contributed by atoms with van der Waals surface area (Å²) in [5, 5.41) is 0. The van der Waals surface area contributed by atoms with E-state index in [1.807, 2.05) is 36.4 Å². The minimum absolute atomic E-state index is 0.677. The predicted octanol–water partition coefficient (Wildman–Crippen LogP) is 16.4. The molecule has 3 aromatic heterocycles. The van der Waals surface area contributed by atoms with Crippen LogP contribution in [0.25, 0.3) is 69.3 Å². The second kappa shape index (κ2) is 24.9. The lowest BCUT2D eigenvalue weighted by atomic mass is 10.0. The van der Waals surface area contributed by atoms with Gasteiger partial charge in [0.15, 0.2) is 0 Å². The van der Waals surface area contributed by atoms with Crippen LogP contribution in [-0.4, -0.2) is 28.2 Å². The van der Waals surface area contributed by atoms with Crippen LogP contribution in [0.5, 0.6) is 11.5 Å². The average molecular weight is 846 g/mol. The summed E-state index contributed by atoms with van der Waals surface area (Å²) in [7, 11) is 0. The Kier molecular flexibility index (Phi) is 17.7. The average Bonchev–Trinajstić information content (AvgIpc) is 3.36. The van der Waals surface area contributed by atoms with Crippen molar-refractivity contribution >= 4 is 24.3 Å². The number of aromatic nitrogens is 3. The lowest BCUT2D eigenvalue weighted by molar-refractivity contribution is 0.295. The number of pyridine rings is 3. The zero-order valence-electron chi connectivity index (χ0n) is 37.8. The third-order valence-corrected chi connectivity index (χ3v) is 11.5. The smallest absolute Gasteiger partial charge is 0.127 e. The van der Waals surface area contributed by atoms with Gasteiger partial charge in [-0.3, -0.25) is 9.97 Å². The molecule has 0 spiro atoms. The molecule has 326 valence electrons. The molecule has 0 aliphatic rings. The standard InChI is InChI=1S/C59H63N3O2/c1-3-5-7-9-11-20-40-63-58-45-52(59(64-41-21-12-10-8-6-4-2)44-51(58)36-30-46-26-32-49(33-27-46)48-22-14-13-15-23-48)37-31-47-28-34-50(35-29-47)53-42-56(54-24-16-18-38-60-54)62-57(43-53)55-25-17-19-39-61-55/h13-19,22-39,42-45H,3-12,20-21,40-41H2,1-2H3/b36-30+,37-31+. The number of ether oxygens (including phenoxy) is 2. The first-order valence-electron chi connectivity index (χ1n) is 23.6. The van der Waals surface area contributed by atoms with Crippen molar-refractivity contribution in [3.8, 4) is 56.5 Å². The Balaban J connectivity index is 1.16. The Morgan fingerprint density at radius 3 is 1.25 bits per heavy atom. The summed E-state index contributed by atoms with van der Waals surface area (Å²) in [4.78, 5) is 14.2. The molecule has 0 atom stereocenters. The Morgan fingerprint density at radius 2 is 0.797 bits per heavy atom. The van der Waals surface area contributed by atoms with Gasteiger partial charge < -0.3 is 9.47 Å². The van der Waals surface area contributed by atoms with Crippen molar-refractivity contribution in [1.82, 2.24) is 15.0 Å². The summed E-state index contributed by atoms with van der Waals surface area (Å²) in [5.74, 6) is 1.74. The van der Waals surface area contributed by atoms with Gasteiger partial charge in [0, 0.05) is 23.5 Å². The summed E-state index contributed by atoms with van der Waals surface area (Å²) in [5.41, 5.74) is 12.1. The Bertz CT molecular complexity index is 2440. The van der Waals surface area contributed by atoms with Crippen molar-refractivity contribution < 1.29 is 9.47 Å². The Morgan fingerprint density at radius 1 is 0.375 bits per heavy atom. The molecule has 7 rings (SSSR count). The van der Waals surface area contributed by atoms with E-state index in [2.05, 4.69) is 151 Å². The van der Waals surface area contributed by atoms with Gasteiger partial charge in [-0.25, -0.2) is 4.98 Å². The Hall–Kier alpha value is -6.59. The van der Waals surface area contributed by atoms with Gasteiger partial charge in [-0.05, 0) is 94.8 Å². The number of hydrogen-bond acceptors (Lipinski definition) is 5. The summed E-state index contributed by atoms with van der Waals surface area (Å²) < 4.78 is 13.3. The maximum absolute atomic E-state index is 6.64. The normalized spacial score (nSPS) is 11.4.